The van der Waals surface area contributed by atoms with Gasteiger partial charge in [0, 0.05) is 16.1 Å². The normalized spacial score (nSPS) is 10.8. The first-order chi connectivity index (χ1) is 10.1. The molecule has 3 aromatic rings. The molecule has 0 amide bonds. The molecule has 0 fully saturated rings. The summed E-state index contributed by atoms with van der Waals surface area (Å²) in [6.45, 7) is 0. The van der Waals surface area contributed by atoms with Crippen LogP contribution >= 0.6 is 11.6 Å². The van der Waals surface area contributed by atoms with Crippen LogP contribution < -0.4 is 5.73 Å². The van der Waals surface area contributed by atoms with E-state index >= 15 is 0 Å². The van der Waals surface area contributed by atoms with E-state index < -0.39 is 11.6 Å². The average Bonchev–Trinajstić information content (AvgIpc) is 2.84. The zero-order valence-corrected chi connectivity index (χ0v) is 11.4. The molecule has 0 spiro atoms. The van der Waals surface area contributed by atoms with Crippen LogP contribution in [-0.4, -0.2) is 5.16 Å². The number of benzene rings is 2. The Morgan fingerprint density at radius 2 is 1.71 bits per heavy atom. The molecule has 6 heteroatoms. The SMILES string of the molecule is Nc1onc(-c2cccc(F)c2F)c1-c1ccccc1Cl. The number of hydrogen-bond acceptors (Lipinski definition) is 3. The number of halogens is 3. The minimum absolute atomic E-state index is 0.0123. The van der Waals surface area contributed by atoms with Gasteiger partial charge in [0.25, 0.3) is 0 Å². The molecule has 1 aromatic heterocycles. The highest BCUT2D eigenvalue weighted by molar-refractivity contribution is 6.33. The monoisotopic (exact) mass is 306 g/mol. The topological polar surface area (TPSA) is 52.0 Å². The third-order valence-corrected chi connectivity index (χ3v) is 3.40. The van der Waals surface area contributed by atoms with Crippen molar-refractivity contribution in [2.45, 2.75) is 0 Å². The Bertz CT molecular complexity index is 817. The van der Waals surface area contributed by atoms with Crippen LogP contribution in [0.1, 0.15) is 0 Å². The van der Waals surface area contributed by atoms with Gasteiger partial charge in [-0.25, -0.2) is 8.78 Å². The quantitative estimate of drug-likeness (QED) is 0.757. The number of nitrogens with zero attached hydrogens (tertiary/aromatic N) is 1. The van der Waals surface area contributed by atoms with Crippen LogP contribution in [0.4, 0.5) is 14.7 Å². The Kier molecular flexibility index (Phi) is 3.35. The third kappa shape index (κ3) is 2.25. The van der Waals surface area contributed by atoms with Crippen molar-refractivity contribution in [1.82, 2.24) is 5.16 Å². The molecule has 0 aliphatic heterocycles. The second-order valence-corrected chi connectivity index (χ2v) is 4.76. The number of rotatable bonds is 2. The Hall–Kier alpha value is -2.40. The van der Waals surface area contributed by atoms with Crippen molar-refractivity contribution in [3.63, 3.8) is 0 Å². The van der Waals surface area contributed by atoms with Gasteiger partial charge in [-0.2, -0.15) is 0 Å². The summed E-state index contributed by atoms with van der Waals surface area (Å²) in [6, 6.07) is 10.7. The highest BCUT2D eigenvalue weighted by Gasteiger charge is 2.22. The fourth-order valence-corrected chi connectivity index (χ4v) is 2.33. The largest absolute Gasteiger partial charge is 0.367 e. The minimum Gasteiger partial charge on any atom is -0.367 e. The smallest absolute Gasteiger partial charge is 0.230 e. The number of hydrogen-bond donors (Lipinski definition) is 1. The summed E-state index contributed by atoms with van der Waals surface area (Å²) in [5.41, 5.74) is 6.71. The third-order valence-electron chi connectivity index (χ3n) is 3.07. The van der Waals surface area contributed by atoms with Crippen LogP contribution in [0.15, 0.2) is 47.0 Å². The molecule has 0 aliphatic rings. The molecule has 3 rings (SSSR count). The van der Waals surface area contributed by atoms with Gasteiger partial charge in [-0.3, -0.25) is 0 Å². The zero-order valence-electron chi connectivity index (χ0n) is 10.6. The van der Waals surface area contributed by atoms with Crippen molar-refractivity contribution in [3.05, 3.63) is 59.1 Å². The Morgan fingerprint density at radius 3 is 2.48 bits per heavy atom. The van der Waals surface area contributed by atoms with E-state index in [9.17, 15) is 8.78 Å². The van der Waals surface area contributed by atoms with Gasteiger partial charge < -0.3 is 10.3 Å². The van der Waals surface area contributed by atoms with E-state index in [2.05, 4.69) is 5.16 Å². The second-order valence-electron chi connectivity index (χ2n) is 4.35. The fourth-order valence-electron chi connectivity index (χ4n) is 2.10. The Morgan fingerprint density at radius 1 is 1.00 bits per heavy atom. The van der Waals surface area contributed by atoms with Gasteiger partial charge in [-0.15, -0.1) is 0 Å². The van der Waals surface area contributed by atoms with E-state index in [4.69, 9.17) is 21.9 Å². The van der Waals surface area contributed by atoms with Gasteiger partial charge >= 0.3 is 0 Å². The summed E-state index contributed by atoms with van der Waals surface area (Å²) < 4.78 is 32.3. The van der Waals surface area contributed by atoms with Crippen molar-refractivity contribution < 1.29 is 13.3 Å². The first-order valence-corrected chi connectivity index (χ1v) is 6.42. The van der Waals surface area contributed by atoms with E-state index in [0.717, 1.165) is 6.07 Å². The van der Waals surface area contributed by atoms with E-state index in [1.54, 1.807) is 24.3 Å². The van der Waals surface area contributed by atoms with Gasteiger partial charge in [-0.1, -0.05) is 41.0 Å². The second kappa shape index (κ2) is 5.18. The van der Waals surface area contributed by atoms with E-state index in [1.165, 1.54) is 12.1 Å². The van der Waals surface area contributed by atoms with Gasteiger partial charge in [0.1, 0.15) is 5.69 Å². The number of nitrogen functional groups attached to an aromatic ring is 1. The molecule has 106 valence electrons. The lowest BCUT2D eigenvalue weighted by Gasteiger charge is -2.06. The summed E-state index contributed by atoms with van der Waals surface area (Å²) in [5, 5.41) is 4.15. The molecule has 0 saturated heterocycles. The molecular weight excluding hydrogens is 298 g/mol. The number of nitrogens with two attached hydrogens (primary N) is 1. The van der Waals surface area contributed by atoms with Crippen LogP contribution in [0.5, 0.6) is 0 Å². The zero-order chi connectivity index (χ0) is 15.0. The summed E-state index contributed by atoms with van der Waals surface area (Å²) in [5.74, 6) is -2.00. The van der Waals surface area contributed by atoms with Crippen LogP contribution in [0.2, 0.25) is 5.02 Å². The molecule has 0 radical (unpaired) electrons. The lowest BCUT2D eigenvalue weighted by molar-refractivity contribution is 0.438. The summed E-state index contributed by atoms with van der Waals surface area (Å²) >= 11 is 6.13. The molecule has 2 aromatic carbocycles. The molecule has 0 saturated carbocycles. The standard InChI is InChI=1S/C15H9ClF2N2O/c16-10-6-2-1-4-8(10)12-14(20-21-15(12)19)9-5-3-7-11(17)13(9)18/h1-7H,19H2. The van der Waals surface area contributed by atoms with Gasteiger partial charge in [-0.05, 0) is 18.2 Å². The van der Waals surface area contributed by atoms with E-state index in [1.807, 2.05) is 0 Å². The van der Waals surface area contributed by atoms with Crippen LogP contribution in [-0.2, 0) is 0 Å². The molecule has 2 N–H and O–H groups in total. The van der Waals surface area contributed by atoms with Crippen molar-refractivity contribution >= 4 is 17.5 Å². The molecule has 1 heterocycles. The molecule has 0 bridgehead atoms. The lowest BCUT2D eigenvalue weighted by Crippen LogP contribution is -1.93. The highest BCUT2D eigenvalue weighted by atomic mass is 35.5. The lowest BCUT2D eigenvalue weighted by atomic mass is 10.0. The molecule has 0 unspecified atom stereocenters. The van der Waals surface area contributed by atoms with Gasteiger partial charge in [0.2, 0.25) is 5.88 Å². The molecule has 21 heavy (non-hydrogen) atoms. The summed E-state index contributed by atoms with van der Waals surface area (Å²) in [7, 11) is 0. The van der Waals surface area contributed by atoms with Gasteiger partial charge in [0.05, 0.1) is 5.56 Å². The predicted octanol–water partition coefficient (Wildman–Crippen LogP) is 4.52. The first-order valence-electron chi connectivity index (χ1n) is 6.04. The minimum atomic E-state index is -1.01. The molecule has 0 aliphatic carbocycles. The van der Waals surface area contributed by atoms with Crippen molar-refractivity contribution in [2.75, 3.05) is 5.73 Å². The Labute approximate surface area is 123 Å². The van der Waals surface area contributed by atoms with Crippen LogP contribution in [0.3, 0.4) is 0 Å². The number of anilines is 1. The maximum Gasteiger partial charge on any atom is 0.230 e. The fraction of sp³-hybridized carbons (Fsp3) is 0. The van der Waals surface area contributed by atoms with Crippen molar-refractivity contribution in [3.8, 4) is 22.4 Å². The maximum absolute atomic E-state index is 14.0. The van der Waals surface area contributed by atoms with Crippen molar-refractivity contribution in [2.24, 2.45) is 0 Å². The van der Waals surface area contributed by atoms with E-state index in [-0.39, 0.29) is 17.1 Å². The molecular formula is C15H9ClF2N2O. The molecule has 3 nitrogen and oxygen atoms in total. The maximum atomic E-state index is 14.0. The van der Waals surface area contributed by atoms with Crippen LogP contribution in [0, 0.1) is 11.6 Å². The van der Waals surface area contributed by atoms with Crippen molar-refractivity contribution in [1.29, 1.82) is 0 Å². The predicted molar refractivity (Wildman–Crippen MR) is 76.7 cm³/mol. The van der Waals surface area contributed by atoms with Crippen LogP contribution in [0.25, 0.3) is 22.4 Å². The summed E-state index contributed by atoms with van der Waals surface area (Å²) in [4.78, 5) is 0. The Balaban J connectivity index is 2.28. The summed E-state index contributed by atoms with van der Waals surface area (Å²) in [6.07, 6.45) is 0. The highest BCUT2D eigenvalue weighted by Crippen LogP contribution is 2.40. The molecule has 0 atom stereocenters. The van der Waals surface area contributed by atoms with E-state index in [0.29, 0.717) is 16.1 Å². The first kappa shape index (κ1) is 13.6. The van der Waals surface area contributed by atoms with Gasteiger partial charge in [0.15, 0.2) is 11.6 Å². The average molecular weight is 307 g/mol. The number of aromatic nitrogens is 1.